The Balaban J connectivity index is 1.83. The van der Waals surface area contributed by atoms with Gasteiger partial charge in [0.15, 0.2) is 10.3 Å². The molecule has 2 N–H and O–H groups in total. The smallest absolute Gasteiger partial charge is 0.269 e. The molecule has 0 spiro atoms. The van der Waals surface area contributed by atoms with Crippen LogP contribution >= 0.6 is 23.5 Å². The Labute approximate surface area is 200 Å². The molecule has 34 heavy (non-hydrogen) atoms. The minimum absolute atomic E-state index is 0.186. The van der Waals surface area contributed by atoms with E-state index in [9.17, 15) is 29.9 Å². The summed E-state index contributed by atoms with van der Waals surface area (Å²) in [6, 6.07) is 5.43. The Morgan fingerprint density at radius 2 is 1.47 bits per heavy atom. The van der Waals surface area contributed by atoms with Crippen molar-refractivity contribution < 1.29 is 15.1 Å². The third kappa shape index (κ3) is 3.74. The number of rotatable bonds is 4. The van der Waals surface area contributed by atoms with Gasteiger partial charge in [0.25, 0.3) is 16.8 Å². The third-order valence-corrected chi connectivity index (χ3v) is 7.93. The number of fused-ring (bicyclic) bond motifs is 2. The molecule has 0 radical (unpaired) electrons. The monoisotopic (exact) mass is 501 g/mol. The molecule has 0 saturated carbocycles. The van der Waals surface area contributed by atoms with Gasteiger partial charge in [0, 0.05) is 36.7 Å². The van der Waals surface area contributed by atoms with E-state index in [1.54, 1.807) is 0 Å². The molecule has 13 heteroatoms. The van der Waals surface area contributed by atoms with Crippen molar-refractivity contribution in [2.24, 2.45) is 0 Å². The van der Waals surface area contributed by atoms with Crippen LogP contribution in [0.2, 0.25) is 0 Å². The molecule has 2 aromatic heterocycles. The number of nitro benzene ring substituents is 1. The molecule has 0 amide bonds. The molecule has 2 aliphatic heterocycles. The van der Waals surface area contributed by atoms with Crippen LogP contribution < -0.4 is 11.1 Å². The average molecular weight is 502 g/mol. The van der Waals surface area contributed by atoms with E-state index >= 15 is 0 Å². The maximum Gasteiger partial charge on any atom is 0.269 e. The Hall–Kier alpha value is -3.32. The van der Waals surface area contributed by atoms with Gasteiger partial charge in [-0.15, -0.1) is 0 Å². The van der Waals surface area contributed by atoms with E-state index in [-0.39, 0.29) is 22.4 Å². The van der Waals surface area contributed by atoms with Gasteiger partial charge in [-0.05, 0) is 18.4 Å². The van der Waals surface area contributed by atoms with Gasteiger partial charge in [0.05, 0.1) is 22.0 Å². The Bertz CT molecular complexity index is 1360. The van der Waals surface area contributed by atoms with E-state index in [0.29, 0.717) is 23.4 Å². The summed E-state index contributed by atoms with van der Waals surface area (Å²) in [6.07, 6.45) is 1.44. The van der Waals surface area contributed by atoms with Crippen molar-refractivity contribution in [3.05, 3.63) is 71.8 Å². The predicted molar refractivity (Wildman–Crippen MR) is 125 cm³/mol. The van der Waals surface area contributed by atoms with Crippen LogP contribution in [0.1, 0.15) is 35.4 Å². The minimum Gasteiger partial charge on any atom is -0.493 e. The highest BCUT2D eigenvalue weighted by atomic mass is 32.2. The first-order valence-corrected chi connectivity index (χ1v) is 12.5. The van der Waals surface area contributed by atoms with Crippen LogP contribution in [-0.2, 0) is 13.1 Å². The van der Waals surface area contributed by atoms with Gasteiger partial charge < -0.3 is 10.2 Å². The first-order chi connectivity index (χ1) is 16.4. The van der Waals surface area contributed by atoms with Crippen molar-refractivity contribution in [3.8, 4) is 11.8 Å². The summed E-state index contributed by atoms with van der Waals surface area (Å²) in [4.78, 5) is 46.3. The zero-order valence-corrected chi connectivity index (χ0v) is 19.3. The summed E-state index contributed by atoms with van der Waals surface area (Å²) in [6.45, 7) is 0.764. The van der Waals surface area contributed by atoms with Crippen molar-refractivity contribution in [3.63, 3.8) is 0 Å². The lowest BCUT2D eigenvalue weighted by molar-refractivity contribution is -0.384. The maximum atomic E-state index is 13.6. The fraction of sp³-hybridized carbons (Fsp3) is 0.333. The zero-order chi connectivity index (χ0) is 24.0. The van der Waals surface area contributed by atoms with Gasteiger partial charge in [-0.25, -0.2) is 0 Å². The molecular weight excluding hydrogens is 482 g/mol. The van der Waals surface area contributed by atoms with E-state index in [1.165, 1.54) is 56.9 Å². The number of thioether (sulfide) groups is 2. The highest BCUT2D eigenvalue weighted by molar-refractivity contribution is 7.99. The molecule has 5 rings (SSSR count). The Kier molecular flexibility index (Phi) is 5.81. The third-order valence-electron chi connectivity index (χ3n) is 5.80. The topological polar surface area (TPSA) is 153 Å². The van der Waals surface area contributed by atoms with E-state index in [1.807, 2.05) is 0 Å². The van der Waals surface area contributed by atoms with Crippen LogP contribution in [0.25, 0.3) is 0 Å². The molecule has 0 saturated heterocycles. The second-order valence-corrected chi connectivity index (χ2v) is 9.99. The highest BCUT2D eigenvalue weighted by Crippen LogP contribution is 2.39. The van der Waals surface area contributed by atoms with Gasteiger partial charge in [-0.1, -0.05) is 35.7 Å². The molecule has 1 aromatic carbocycles. The lowest BCUT2D eigenvalue weighted by atomic mass is 9.86. The SMILES string of the molecule is O=c1c(C(c2cccc([N+](=O)[O-])c2)c2c(O)nc3n(c2=O)CCCS3)c(O)nc2n1CCCS2. The van der Waals surface area contributed by atoms with Crippen LogP contribution in [0.5, 0.6) is 11.8 Å². The number of benzene rings is 1. The van der Waals surface area contributed by atoms with Crippen molar-refractivity contribution in [1.82, 2.24) is 19.1 Å². The summed E-state index contributed by atoms with van der Waals surface area (Å²) in [7, 11) is 0. The molecule has 3 aromatic rings. The first-order valence-electron chi connectivity index (χ1n) is 10.5. The Morgan fingerprint density at radius 3 is 1.97 bits per heavy atom. The Morgan fingerprint density at radius 1 is 0.941 bits per heavy atom. The number of nitrogens with zero attached hydrogens (tertiary/aromatic N) is 5. The molecule has 0 atom stereocenters. The van der Waals surface area contributed by atoms with Crippen LogP contribution in [0.15, 0.2) is 44.2 Å². The van der Waals surface area contributed by atoms with Crippen LogP contribution in [0.4, 0.5) is 5.69 Å². The lowest BCUT2D eigenvalue weighted by Crippen LogP contribution is -2.35. The molecule has 0 aliphatic carbocycles. The van der Waals surface area contributed by atoms with Crippen molar-refractivity contribution in [1.29, 1.82) is 0 Å². The highest BCUT2D eigenvalue weighted by Gasteiger charge is 2.34. The molecule has 176 valence electrons. The van der Waals surface area contributed by atoms with Gasteiger partial charge in [0.1, 0.15) is 0 Å². The van der Waals surface area contributed by atoms with Crippen molar-refractivity contribution in [2.45, 2.75) is 42.2 Å². The summed E-state index contributed by atoms with van der Waals surface area (Å²) < 4.78 is 2.84. The van der Waals surface area contributed by atoms with Gasteiger partial charge in [-0.3, -0.25) is 28.8 Å². The number of non-ortho nitro benzene ring substituents is 1. The number of hydrogen-bond acceptors (Lipinski definition) is 10. The average Bonchev–Trinajstić information content (AvgIpc) is 2.83. The first kappa shape index (κ1) is 22.5. The van der Waals surface area contributed by atoms with Gasteiger partial charge in [0.2, 0.25) is 11.8 Å². The summed E-state index contributed by atoms with van der Waals surface area (Å²) in [5.74, 6) is -0.993. The van der Waals surface area contributed by atoms with Crippen molar-refractivity contribution in [2.75, 3.05) is 11.5 Å². The molecule has 11 nitrogen and oxygen atoms in total. The van der Waals surface area contributed by atoms with Gasteiger partial charge in [-0.2, -0.15) is 9.97 Å². The molecule has 0 fully saturated rings. The summed E-state index contributed by atoms with van der Waals surface area (Å²) >= 11 is 2.67. The normalized spacial score (nSPS) is 15.1. The maximum absolute atomic E-state index is 13.6. The second-order valence-electron chi connectivity index (χ2n) is 7.87. The van der Waals surface area contributed by atoms with Crippen LogP contribution in [0.3, 0.4) is 0 Å². The summed E-state index contributed by atoms with van der Waals surface area (Å²) in [5.41, 5.74) is -1.67. The largest absolute Gasteiger partial charge is 0.493 e. The molecule has 4 heterocycles. The number of hydrogen-bond donors (Lipinski definition) is 2. The zero-order valence-electron chi connectivity index (χ0n) is 17.7. The minimum atomic E-state index is -1.31. The second kappa shape index (κ2) is 8.80. The van der Waals surface area contributed by atoms with Crippen molar-refractivity contribution >= 4 is 29.2 Å². The lowest BCUT2D eigenvalue weighted by Gasteiger charge is -2.24. The predicted octanol–water partition coefficient (Wildman–Crippen LogP) is 2.29. The number of nitro groups is 1. The van der Waals surface area contributed by atoms with E-state index < -0.39 is 33.7 Å². The van der Waals surface area contributed by atoms with E-state index in [2.05, 4.69) is 9.97 Å². The number of aromatic hydroxyl groups is 2. The molecule has 0 unspecified atom stereocenters. The molecule has 2 aliphatic rings. The van der Waals surface area contributed by atoms with E-state index in [4.69, 9.17) is 0 Å². The van der Waals surface area contributed by atoms with Crippen LogP contribution in [-0.4, -0.2) is 45.7 Å². The standard InChI is InChI=1S/C21H19N5O6S2/c27-16-14(18(29)24-6-2-8-33-20(24)22-16)13(11-4-1-5-12(10-11)26(31)32)15-17(28)23-21-25(19(15)30)7-3-9-34-21/h1,4-5,10,13,27-28H,2-3,6-9H2. The fourth-order valence-electron chi connectivity index (χ4n) is 4.27. The van der Waals surface area contributed by atoms with E-state index in [0.717, 1.165) is 24.3 Å². The van der Waals surface area contributed by atoms with Gasteiger partial charge >= 0.3 is 0 Å². The summed E-state index contributed by atoms with van der Waals surface area (Å²) in [5, 5.41) is 33.9. The van der Waals surface area contributed by atoms with Crippen LogP contribution in [0, 0.1) is 10.1 Å². The molecule has 0 bridgehead atoms. The quantitative estimate of drug-likeness (QED) is 0.309. The fourth-order valence-corrected chi connectivity index (χ4v) is 6.14. The number of aromatic nitrogens is 4. The molecular formula is C21H19N5O6S2.